The molecule has 0 amide bonds. The van der Waals surface area contributed by atoms with E-state index < -0.39 is 16.0 Å². The fourth-order valence-corrected chi connectivity index (χ4v) is 3.79. The second-order valence-electron chi connectivity index (χ2n) is 5.85. The Hall–Kier alpha value is -2.74. The molecule has 1 aliphatic heterocycles. The zero-order chi connectivity index (χ0) is 18.7. The minimum absolute atomic E-state index is 0.0206. The number of hydrogen-bond acceptors (Lipinski definition) is 5. The third-order valence-corrected chi connectivity index (χ3v) is 5.28. The Balaban J connectivity index is 1.93. The van der Waals surface area contributed by atoms with Crippen LogP contribution in [0.1, 0.15) is 29.3 Å². The quantitative estimate of drug-likeness (QED) is 0.803. The lowest BCUT2D eigenvalue weighted by atomic mass is 10.1. The average molecular weight is 377 g/mol. The van der Waals surface area contributed by atoms with E-state index in [0.29, 0.717) is 24.7 Å². The second kappa shape index (κ2) is 7.25. The molecule has 3 rings (SSSR count). The van der Waals surface area contributed by atoms with Crippen molar-refractivity contribution in [2.24, 2.45) is 0 Å². The maximum atomic E-state index is 12.7. The highest BCUT2D eigenvalue weighted by molar-refractivity contribution is 7.92. The molecule has 2 aromatic carbocycles. The van der Waals surface area contributed by atoms with Crippen LogP contribution in [-0.2, 0) is 16.4 Å². The standard InChI is InChI=1S/C18H19NO6S/c1-2-3-12-4-6-15(14(10-12)18(20)21)19-26(22,23)13-5-7-16-17(11-13)25-9-8-24-16/h4-7,10-11,19H,2-3,8-9H2,1H3,(H,20,21). The number of anilines is 1. The molecular weight excluding hydrogens is 358 g/mol. The van der Waals surface area contributed by atoms with Gasteiger partial charge in [-0.05, 0) is 36.2 Å². The molecule has 8 heteroatoms. The zero-order valence-corrected chi connectivity index (χ0v) is 15.0. The summed E-state index contributed by atoms with van der Waals surface area (Å²) in [4.78, 5) is 11.5. The molecule has 2 aromatic rings. The number of hydrogen-bond donors (Lipinski definition) is 2. The van der Waals surface area contributed by atoms with Gasteiger partial charge in [0, 0.05) is 6.07 Å². The summed E-state index contributed by atoms with van der Waals surface area (Å²) in [5.41, 5.74) is 0.775. The number of fused-ring (bicyclic) bond motifs is 1. The number of rotatable bonds is 6. The van der Waals surface area contributed by atoms with Crippen molar-refractivity contribution in [2.45, 2.75) is 24.7 Å². The van der Waals surface area contributed by atoms with Gasteiger partial charge in [0.15, 0.2) is 11.5 Å². The molecule has 0 fully saturated rings. The zero-order valence-electron chi connectivity index (χ0n) is 14.2. The van der Waals surface area contributed by atoms with Crippen LogP contribution in [0, 0.1) is 0 Å². The second-order valence-corrected chi connectivity index (χ2v) is 7.53. The van der Waals surface area contributed by atoms with Crippen LogP contribution in [0.25, 0.3) is 0 Å². The Morgan fingerprint density at radius 3 is 2.54 bits per heavy atom. The fourth-order valence-electron chi connectivity index (χ4n) is 2.70. The number of nitrogens with one attached hydrogen (secondary N) is 1. The predicted octanol–water partition coefficient (Wildman–Crippen LogP) is 2.91. The molecule has 0 atom stereocenters. The number of benzene rings is 2. The number of carboxylic acids is 1. The molecule has 7 nitrogen and oxygen atoms in total. The summed E-state index contributed by atoms with van der Waals surface area (Å²) >= 11 is 0. The van der Waals surface area contributed by atoms with Gasteiger partial charge in [0.05, 0.1) is 16.1 Å². The van der Waals surface area contributed by atoms with Crippen molar-refractivity contribution in [1.29, 1.82) is 0 Å². The van der Waals surface area contributed by atoms with Gasteiger partial charge in [0.25, 0.3) is 10.0 Å². The van der Waals surface area contributed by atoms with Crippen LogP contribution in [0.5, 0.6) is 11.5 Å². The first kappa shape index (κ1) is 18.1. The van der Waals surface area contributed by atoms with E-state index >= 15 is 0 Å². The van der Waals surface area contributed by atoms with Gasteiger partial charge in [-0.25, -0.2) is 13.2 Å². The Labute approximate surface area is 151 Å². The van der Waals surface area contributed by atoms with Crippen LogP contribution in [0.15, 0.2) is 41.3 Å². The number of aryl methyl sites for hydroxylation is 1. The number of carboxylic acid groups (broad SMARTS) is 1. The van der Waals surface area contributed by atoms with Crippen molar-refractivity contribution >= 4 is 21.7 Å². The maximum Gasteiger partial charge on any atom is 0.337 e. The van der Waals surface area contributed by atoms with Gasteiger partial charge in [-0.3, -0.25) is 4.72 Å². The summed E-state index contributed by atoms with van der Waals surface area (Å²) < 4.78 is 38.5. The Kier molecular flexibility index (Phi) is 5.03. The molecule has 138 valence electrons. The van der Waals surface area contributed by atoms with Gasteiger partial charge in [0.2, 0.25) is 0 Å². The fraction of sp³-hybridized carbons (Fsp3) is 0.278. The molecule has 0 spiro atoms. The van der Waals surface area contributed by atoms with Crippen molar-refractivity contribution in [3.05, 3.63) is 47.5 Å². The first-order valence-electron chi connectivity index (χ1n) is 8.19. The third kappa shape index (κ3) is 3.75. The van der Waals surface area contributed by atoms with Crippen LogP contribution >= 0.6 is 0 Å². The summed E-state index contributed by atoms with van der Waals surface area (Å²) in [5, 5.41) is 9.41. The Bertz CT molecular complexity index is 939. The molecule has 1 aliphatic rings. The normalized spacial score (nSPS) is 13.3. The molecule has 2 N–H and O–H groups in total. The topological polar surface area (TPSA) is 102 Å². The van der Waals surface area contributed by atoms with E-state index in [1.165, 1.54) is 30.3 Å². The Morgan fingerprint density at radius 2 is 1.85 bits per heavy atom. The van der Waals surface area contributed by atoms with Gasteiger partial charge < -0.3 is 14.6 Å². The van der Waals surface area contributed by atoms with E-state index in [1.54, 1.807) is 6.07 Å². The highest BCUT2D eigenvalue weighted by Crippen LogP contribution is 2.33. The summed E-state index contributed by atoms with van der Waals surface area (Å²) in [6.45, 7) is 2.73. The average Bonchev–Trinajstić information content (AvgIpc) is 2.62. The van der Waals surface area contributed by atoms with E-state index in [9.17, 15) is 18.3 Å². The molecular formula is C18H19NO6S. The van der Waals surface area contributed by atoms with Crippen molar-refractivity contribution in [2.75, 3.05) is 17.9 Å². The SMILES string of the molecule is CCCc1ccc(NS(=O)(=O)c2ccc3c(c2)OCCO3)c(C(=O)O)c1. The summed E-state index contributed by atoms with van der Waals surface area (Å²) in [7, 11) is -3.98. The van der Waals surface area contributed by atoms with E-state index in [1.807, 2.05) is 6.92 Å². The van der Waals surface area contributed by atoms with Crippen molar-refractivity contribution in [3.8, 4) is 11.5 Å². The third-order valence-electron chi connectivity index (χ3n) is 3.92. The van der Waals surface area contributed by atoms with Crippen LogP contribution in [-0.4, -0.2) is 32.7 Å². The minimum Gasteiger partial charge on any atom is -0.486 e. The molecule has 0 aromatic heterocycles. The summed E-state index contributed by atoms with van der Waals surface area (Å²) in [5.74, 6) is -0.371. The van der Waals surface area contributed by atoms with Crippen molar-refractivity contribution in [1.82, 2.24) is 0 Å². The molecule has 0 saturated heterocycles. The molecule has 0 saturated carbocycles. The summed E-state index contributed by atoms with van der Waals surface area (Å²) in [6, 6.07) is 8.96. The van der Waals surface area contributed by atoms with E-state index in [4.69, 9.17) is 9.47 Å². The van der Waals surface area contributed by atoms with E-state index in [-0.39, 0.29) is 16.1 Å². The van der Waals surface area contributed by atoms with Crippen molar-refractivity contribution in [3.63, 3.8) is 0 Å². The molecule has 1 heterocycles. The predicted molar refractivity (Wildman–Crippen MR) is 95.6 cm³/mol. The number of carbonyl (C=O) groups is 1. The highest BCUT2D eigenvalue weighted by atomic mass is 32.2. The van der Waals surface area contributed by atoms with Gasteiger partial charge in [-0.1, -0.05) is 19.4 Å². The highest BCUT2D eigenvalue weighted by Gasteiger charge is 2.22. The number of ether oxygens (including phenoxy) is 2. The van der Waals surface area contributed by atoms with Gasteiger partial charge in [-0.2, -0.15) is 0 Å². The largest absolute Gasteiger partial charge is 0.486 e. The molecule has 0 unspecified atom stereocenters. The van der Waals surface area contributed by atoms with Gasteiger partial charge >= 0.3 is 5.97 Å². The Morgan fingerprint density at radius 1 is 1.12 bits per heavy atom. The summed E-state index contributed by atoms with van der Waals surface area (Å²) in [6.07, 6.45) is 1.58. The van der Waals surface area contributed by atoms with Crippen LogP contribution in [0.2, 0.25) is 0 Å². The number of aromatic carboxylic acids is 1. The van der Waals surface area contributed by atoms with Crippen LogP contribution in [0.3, 0.4) is 0 Å². The van der Waals surface area contributed by atoms with Gasteiger partial charge in [0.1, 0.15) is 13.2 Å². The van der Waals surface area contributed by atoms with Crippen molar-refractivity contribution < 1.29 is 27.8 Å². The first-order chi connectivity index (χ1) is 12.4. The molecule has 0 bridgehead atoms. The maximum absolute atomic E-state index is 12.7. The molecule has 0 radical (unpaired) electrons. The minimum atomic E-state index is -3.98. The lowest BCUT2D eigenvalue weighted by molar-refractivity contribution is 0.0698. The van der Waals surface area contributed by atoms with E-state index in [2.05, 4.69) is 4.72 Å². The first-order valence-corrected chi connectivity index (χ1v) is 9.67. The lowest BCUT2D eigenvalue weighted by Crippen LogP contribution is -2.18. The smallest absolute Gasteiger partial charge is 0.337 e. The lowest BCUT2D eigenvalue weighted by Gasteiger charge is -2.19. The van der Waals surface area contributed by atoms with Crippen LogP contribution in [0.4, 0.5) is 5.69 Å². The van der Waals surface area contributed by atoms with E-state index in [0.717, 1.165) is 18.4 Å². The van der Waals surface area contributed by atoms with Crippen LogP contribution < -0.4 is 14.2 Å². The molecule has 0 aliphatic carbocycles. The number of sulfonamides is 1. The van der Waals surface area contributed by atoms with Gasteiger partial charge in [-0.15, -0.1) is 0 Å². The molecule has 26 heavy (non-hydrogen) atoms. The monoisotopic (exact) mass is 377 g/mol.